The number of nitrogens with one attached hydrogen (secondary N) is 1. The first-order valence-electron chi connectivity index (χ1n) is 7.23. The largest absolute Gasteiger partial charge is 0.310 e. The van der Waals surface area contributed by atoms with Crippen LogP contribution in [0.5, 0.6) is 0 Å². The van der Waals surface area contributed by atoms with E-state index in [0.717, 1.165) is 37.3 Å². The third-order valence-electron chi connectivity index (χ3n) is 3.25. The van der Waals surface area contributed by atoms with Crippen LogP contribution < -0.4 is 5.32 Å². The molecule has 0 amide bonds. The molecule has 0 aliphatic rings. The van der Waals surface area contributed by atoms with E-state index in [-0.39, 0.29) is 11.9 Å². The first kappa shape index (κ1) is 16.5. The molecule has 0 saturated heterocycles. The fourth-order valence-corrected chi connectivity index (χ4v) is 2.50. The van der Waals surface area contributed by atoms with Gasteiger partial charge < -0.3 is 5.32 Å². The van der Waals surface area contributed by atoms with Crippen molar-refractivity contribution in [2.45, 2.75) is 52.5 Å². The van der Waals surface area contributed by atoms with Crippen molar-refractivity contribution >= 4 is 11.6 Å². The maximum atomic E-state index is 13.1. The second kappa shape index (κ2) is 8.55. The van der Waals surface area contributed by atoms with Crippen LogP contribution in [0.1, 0.15) is 58.1 Å². The van der Waals surface area contributed by atoms with Crippen molar-refractivity contribution in [3.05, 3.63) is 34.6 Å². The van der Waals surface area contributed by atoms with Gasteiger partial charge in [0.05, 0.1) is 0 Å². The summed E-state index contributed by atoms with van der Waals surface area (Å²) < 4.78 is 13.1. The molecule has 0 heterocycles. The molecular weight excluding hydrogens is 261 g/mol. The maximum absolute atomic E-state index is 13.1. The van der Waals surface area contributed by atoms with Crippen LogP contribution in [0.25, 0.3) is 0 Å². The Morgan fingerprint density at radius 2 is 2.00 bits per heavy atom. The van der Waals surface area contributed by atoms with E-state index in [1.54, 1.807) is 6.07 Å². The summed E-state index contributed by atoms with van der Waals surface area (Å²) in [5.74, 6) is 0.445. The molecule has 0 spiro atoms. The summed E-state index contributed by atoms with van der Waals surface area (Å²) in [7, 11) is 0. The molecule has 0 saturated carbocycles. The van der Waals surface area contributed by atoms with Gasteiger partial charge in [0.25, 0.3) is 0 Å². The van der Waals surface area contributed by atoms with E-state index < -0.39 is 0 Å². The van der Waals surface area contributed by atoms with Gasteiger partial charge >= 0.3 is 0 Å². The molecule has 108 valence electrons. The number of hydrogen-bond acceptors (Lipinski definition) is 1. The predicted molar refractivity (Wildman–Crippen MR) is 81.1 cm³/mol. The van der Waals surface area contributed by atoms with Crippen molar-refractivity contribution < 1.29 is 4.39 Å². The van der Waals surface area contributed by atoms with Crippen molar-refractivity contribution in [1.82, 2.24) is 5.32 Å². The molecule has 19 heavy (non-hydrogen) atoms. The minimum Gasteiger partial charge on any atom is -0.310 e. The SMILES string of the molecule is CCCNC(CCCC(C)C)c1ccc(F)cc1Cl. The molecule has 0 fully saturated rings. The topological polar surface area (TPSA) is 12.0 Å². The fraction of sp³-hybridized carbons (Fsp3) is 0.625. The highest BCUT2D eigenvalue weighted by atomic mass is 35.5. The Kier molecular flexibility index (Phi) is 7.40. The molecule has 1 rings (SSSR count). The Morgan fingerprint density at radius 1 is 1.26 bits per heavy atom. The van der Waals surface area contributed by atoms with Gasteiger partial charge in [0.2, 0.25) is 0 Å². The number of hydrogen-bond donors (Lipinski definition) is 1. The van der Waals surface area contributed by atoms with Gasteiger partial charge in [0, 0.05) is 11.1 Å². The Balaban J connectivity index is 2.71. The average Bonchev–Trinajstić information content (AvgIpc) is 2.34. The van der Waals surface area contributed by atoms with E-state index in [4.69, 9.17) is 11.6 Å². The smallest absolute Gasteiger partial charge is 0.124 e. The van der Waals surface area contributed by atoms with E-state index in [2.05, 4.69) is 26.1 Å². The zero-order valence-electron chi connectivity index (χ0n) is 12.2. The highest BCUT2D eigenvalue weighted by Gasteiger charge is 2.14. The van der Waals surface area contributed by atoms with Crippen LogP contribution in [0.3, 0.4) is 0 Å². The van der Waals surface area contributed by atoms with Gasteiger partial charge in [-0.2, -0.15) is 0 Å². The van der Waals surface area contributed by atoms with Crippen molar-refractivity contribution in [3.63, 3.8) is 0 Å². The van der Waals surface area contributed by atoms with Crippen molar-refractivity contribution in [1.29, 1.82) is 0 Å². The summed E-state index contributed by atoms with van der Waals surface area (Å²) >= 11 is 6.16. The molecule has 1 aromatic carbocycles. The van der Waals surface area contributed by atoms with Crippen molar-refractivity contribution in [2.75, 3.05) is 6.54 Å². The molecule has 1 unspecified atom stereocenters. The van der Waals surface area contributed by atoms with E-state index in [1.165, 1.54) is 18.6 Å². The molecule has 0 bridgehead atoms. The molecular formula is C16H25ClFN. The number of rotatable bonds is 8. The normalized spacial score (nSPS) is 12.9. The molecule has 1 N–H and O–H groups in total. The fourth-order valence-electron chi connectivity index (χ4n) is 2.20. The molecule has 1 atom stereocenters. The predicted octanol–water partition coefficient (Wildman–Crippen LogP) is 5.35. The van der Waals surface area contributed by atoms with E-state index in [9.17, 15) is 4.39 Å². The highest BCUT2D eigenvalue weighted by Crippen LogP contribution is 2.28. The third-order valence-corrected chi connectivity index (χ3v) is 3.58. The van der Waals surface area contributed by atoms with E-state index in [1.807, 2.05) is 0 Å². The summed E-state index contributed by atoms with van der Waals surface area (Å²) in [4.78, 5) is 0. The summed E-state index contributed by atoms with van der Waals surface area (Å²) in [5.41, 5.74) is 1.01. The Hall–Kier alpha value is -0.600. The van der Waals surface area contributed by atoms with Gasteiger partial charge in [-0.05, 0) is 43.0 Å². The lowest BCUT2D eigenvalue weighted by atomic mass is 9.97. The minimum absolute atomic E-state index is 0.229. The van der Waals surface area contributed by atoms with Crippen LogP contribution in [0, 0.1) is 11.7 Å². The quantitative estimate of drug-likeness (QED) is 0.679. The lowest BCUT2D eigenvalue weighted by molar-refractivity contribution is 0.447. The molecule has 1 nitrogen and oxygen atoms in total. The van der Waals surface area contributed by atoms with Crippen LogP contribution >= 0.6 is 11.6 Å². The lowest BCUT2D eigenvalue weighted by Crippen LogP contribution is -2.22. The average molecular weight is 286 g/mol. The van der Waals surface area contributed by atoms with Crippen LogP contribution in [-0.2, 0) is 0 Å². The summed E-state index contributed by atoms with van der Waals surface area (Å²) in [6.45, 7) is 7.57. The van der Waals surface area contributed by atoms with Crippen molar-refractivity contribution in [3.8, 4) is 0 Å². The van der Waals surface area contributed by atoms with Gasteiger partial charge in [0.15, 0.2) is 0 Å². The molecule has 0 aromatic heterocycles. The Morgan fingerprint density at radius 3 is 2.58 bits per heavy atom. The molecule has 0 aliphatic heterocycles. The van der Waals surface area contributed by atoms with Gasteiger partial charge in [-0.1, -0.05) is 51.3 Å². The molecule has 0 radical (unpaired) electrons. The van der Waals surface area contributed by atoms with Gasteiger partial charge in [0.1, 0.15) is 5.82 Å². The van der Waals surface area contributed by atoms with Gasteiger partial charge in [-0.3, -0.25) is 0 Å². The third kappa shape index (κ3) is 5.92. The van der Waals surface area contributed by atoms with E-state index >= 15 is 0 Å². The summed E-state index contributed by atoms with van der Waals surface area (Å²) in [6.07, 6.45) is 4.50. The molecule has 3 heteroatoms. The highest BCUT2D eigenvalue weighted by molar-refractivity contribution is 6.31. The van der Waals surface area contributed by atoms with Crippen LogP contribution in [-0.4, -0.2) is 6.54 Å². The summed E-state index contributed by atoms with van der Waals surface area (Å²) in [5, 5.41) is 4.04. The first-order valence-corrected chi connectivity index (χ1v) is 7.60. The molecule has 1 aromatic rings. The second-order valence-corrected chi connectivity index (χ2v) is 5.90. The summed E-state index contributed by atoms with van der Waals surface area (Å²) in [6, 6.07) is 4.93. The van der Waals surface area contributed by atoms with E-state index in [0.29, 0.717) is 5.02 Å². The maximum Gasteiger partial charge on any atom is 0.124 e. The minimum atomic E-state index is -0.273. The molecule has 0 aliphatic carbocycles. The second-order valence-electron chi connectivity index (χ2n) is 5.50. The number of halogens is 2. The van der Waals surface area contributed by atoms with Crippen molar-refractivity contribution in [2.24, 2.45) is 5.92 Å². The Labute approximate surface area is 121 Å². The zero-order valence-corrected chi connectivity index (χ0v) is 12.9. The van der Waals surface area contributed by atoms with Crippen LogP contribution in [0.15, 0.2) is 18.2 Å². The lowest BCUT2D eigenvalue weighted by Gasteiger charge is -2.20. The monoisotopic (exact) mass is 285 g/mol. The van der Waals surface area contributed by atoms with Crippen LogP contribution in [0.4, 0.5) is 4.39 Å². The van der Waals surface area contributed by atoms with Crippen LogP contribution in [0.2, 0.25) is 5.02 Å². The van der Waals surface area contributed by atoms with Gasteiger partial charge in [-0.15, -0.1) is 0 Å². The first-order chi connectivity index (χ1) is 9.04. The Bertz CT molecular complexity index is 379. The zero-order chi connectivity index (χ0) is 14.3. The number of benzene rings is 1. The van der Waals surface area contributed by atoms with Gasteiger partial charge in [-0.25, -0.2) is 4.39 Å². The standard InChI is InChI=1S/C16H25ClFN/c1-4-10-19-16(7-5-6-12(2)3)14-9-8-13(18)11-15(14)17/h8-9,11-12,16,19H,4-7,10H2,1-3H3.